The Morgan fingerprint density at radius 3 is 2.33 bits per heavy atom. The van der Waals surface area contributed by atoms with Gasteiger partial charge in [-0.3, -0.25) is 4.90 Å². The van der Waals surface area contributed by atoms with Crippen molar-refractivity contribution >= 4 is 35.9 Å². The number of fused-ring (bicyclic) bond motifs is 2. The molecule has 2 aliphatic heterocycles. The summed E-state index contributed by atoms with van der Waals surface area (Å²) in [6.45, 7) is 7.49. The van der Waals surface area contributed by atoms with Gasteiger partial charge in [0.15, 0.2) is 7.98 Å². The Bertz CT molecular complexity index is 1790. The Kier molecular flexibility index (Phi) is 6.57. The minimum atomic E-state index is -0.523. The van der Waals surface area contributed by atoms with Crippen molar-refractivity contribution in [3.05, 3.63) is 72.4 Å². The van der Waals surface area contributed by atoms with Crippen molar-refractivity contribution in [3.8, 4) is 22.4 Å². The summed E-state index contributed by atoms with van der Waals surface area (Å²) in [5.41, 5.74) is 5.83. The highest BCUT2D eigenvalue weighted by atomic mass is 16.6. The van der Waals surface area contributed by atoms with Gasteiger partial charge in [-0.15, -0.1) is 0 Å². The molecule has 42 heavy (non-hydrogen) atoms. The maximum Gasteiger partial charge on any atom is 0.410 e. The summed E-state index contributed by atoms with van der Waals surface area (Å²) in [7, 11) is 2.18. The third-order valence-electron chi connectivity index (χ3n) is 8.60. The number of nitrogens with zero attached hydrogens (tertiary/aromatic N) is 4. The van der Waals surface area contributed by atoms with Crippen LogP contribution in [-0.4, -0.2) is 62.4 Å². The van der Waals surface area contributed by atoms with E-state index in [-0.39, 0.29) is 12.1 Å². The number of ether oxygens (including phenoxy) is 1. The Balaban J connectivity index is 1.12. The molecule has 2 N–H and O–H groups in total. The van der Waals surface area contributed by atoms with Crippen LogP contribution in [0.3, 0.4) is 0 Å². The molecule has 0 spiro atoms. The highest BCUT2D eigenvalue weighted by Gasteiger charge is 2.35. The molecule has 2 aromatic heterocycles. The number of rotatable bonds is 4. The molecule has 1 amide bonds. The molecule has 9 heteroatoms. The summed E-state index contributed by atoms with van der Waals surface area (Å²) in [5.74, 6) is 1.88. The number of carbonyl (C=O) groups excluding carboxylic acids is 1. The van der Waals surface area contributed by atoms with Gasteiger partial charge >= 0.3 is 6.09 Å². The van der Waals surface area contributed by atoms with E-state index in [0.717, 1.165) is 70.7 Å². The van der Waals surface area contributed by atoms with E-state index in [9.17, 15) is 4.79 Å². The zero-order valence-electron chi connectivity index (χ0n) is 24.8. The molecule has 2 aliphatic rings. The van der Waals surface area contributed by atoms with Crippen molar-refractivity contribution in [3.63, 3.8) is 0 Å². The van der Waals surface area contributed by atoms with Gasteiger partial charge in [0, 0.05) is 18.3 Å². The number of H-pyrrole nitrogens is 2. The number of carbonyl (C=O) groups is 1. The first-order valence-corrected chi connectivity index (χ1v) is 15.0. The van der Waals surface area contributed by atoms with Crippen molar-refractivity contribution in [1.82, 2.24) is 29.6 Å². The average molecular weight is 561 g/mol. The quantitative estimate of drug-likeness (QED) is 0.244. The third-order valence-corrected chi connectivity index (χ3v) is 8.60. The molecule has 8 nitrogen and oxygen atoms in total. The summed E-state index contributed by atoms with van der Waals surface area (Å²) >= 11 is 0. The first-order valence-electron chi connectivity index (χ1n) is 15.0. The Labute approximate surface area is 246 Å². The maximum absolute atomic E-state index is 12.8. The summed E-state index contributed by atoms with van der Waals surface area (Å²) in [5, 5.41) is 2.33. The molecule has 0 radical (unpaired) electrons. The third kappa shape index (κ3) is 5.06. The Morgan fingerprint density at radius 2 is 1.57 bits per heavy atom. The number of amides is 1. The highest BCUT2D eigenvalue weighted by molar-refractivity contribution is 6.04. The molecule has 2 fully saturated rings. The predicted octanol–water partition coefficient (Wildman–Crippen LogP) is 6.53. The number of benzene rings is 3. The second-order valence-corrected chi connectivity index (χ2v) is 12.8. The Hall–Kier alpha value is -4.11. The lowest BCUT2D eigenvalue weighted by atomic mass is 9.99. The standard InChI is InChI=1S/C33H37BN6O2/c1-33(2,3)42-32(41)39-14-4-6-28(39)30-35-19-27(38-30)24-11-10-20-16-21(8-9-22(20)17-24)23-12-13-25-26(18-23)37-31(36-25)29-7-5-15-40(29)34/h8-13,16-19,28-29H,4-7,14-15,34H2,1-3H3,(H,35,38)(H,36,37)/t28-,29-/m0/s1. The fraction of sp³-hybridized carbons (Fsp3) is 0.364. The van der Waals surface area contributed by atoms with E-state index in [4.69, 9.17) is 14.7 Å². The van der Waals surface area contributed by atoms with Crippen LogP contribution in [0, 0.1) is 0 Å². The van der Waals surface area contributed by atoms with Gasteiger partial charge in [0.2, 0.25) is 0 Å². The minimum absolute atomic E-state index is 0.0985. The van der Waals surface area contributed by atoms with Gasteiger partial charge in [0.05, 0.1) is 28.8 Å². The van der Waals surface area contributed by atoms with Gasteiger partial charge < -0.3 is 19.5 Å². The predicted molar refractivity (Wildman–Crippen MR) is 169 cm³/mol. The van der Waals surface area contributed by atoms with E-state index in [1.54, 1.807) is 4.90 Å². The van der Waals surface area contributed by atoms with Gasteiger partial charge in [-0.2, -0.15) is 0 Å². The van der Waals surface area contributed by atoms with Crippen LogP contribution < -0.4 is 0 Å². The largest absolute Gasteiger partial charge is 0.444 e. The molecule has 0 saturated carbocycles. The number of aromatic nitrogens is 4. The summed E-state index contributed by atoms with van der Waals surface area (Å²) < 4.78 is 5.64. The monoisotopic (exact) mass is 560 g/mol. The van der Waals surface area contributed by atoms with Gasteiger partial charge in [0.25, 0.3) is 0 Å². The van der Waals surface area contributed by atoms with Crippen molar-refractivity contribution < 1.29 is 9.53 Å². The van der Waals surface area contributed by atoms with Crippen LogP contribution in [0.15, 0.2) is 60.8 Å². The van der Waals surface area contributed by atoms with Gasteiger partial charge in [0.1, 0.15) is 17.2 Å². The lowest BCUT2D eigenvalue weighted by molar-refractivity contribution is 0.0218. The van der Waals surface area contributed by atoms with Crippen molar-refractivity contribution in [2.45, 2.75) is 64.1 Å². The SMILES string of the molecule is BN1CCC[C@H]1c1nc2cc(-c3ccc4cc(-c5c[nH]c([C@@H]6CCCN6C(=O)OC(C)(C)C)n5)ccc4c3)ccc2[nH]1. The molecule has 2 saturated heterocycles. The summed E-state index contributed by atoms with van der Waals surface area (Å²) in [6, 6.07) is 19.8. The van der Waals surface area contributed by atoms with Crippen LogP contribution >= 0.6 is 0 Å². The number of hydrogen-bond donors (Lipinski definition) is 2. The second kappa shape index (κ2) is 10.3. The molecule has 4 heterocycles. The van der Waals surface area contributed by atoms with Crippen molar-refractivity contribution in [2.75, 3.05) is 13.1 Å². The molecule has 5 aromatic rings. The first-order chi connectivity index (χ1) is 20.2. The number of nitrogens with one attached hydrogen (secondary N) is 2. The first kappa shape index (κ1) is 26.8. The molecular formula is C33H37BN6O2. The molecule has 7 rings (SSSR count). The lowest BCUT2D eigenvalue weighted by Crippen LogP contribution is -2.36. The minimum Gasteiger partial charge on any atom is -0.444 e. The molecule has 2 atom stereocenters. The van der Waals surface area contributed by atoms with E-state index in [2.05, 4.69) is 77.4 Å². The molecule has 214 valence electrons. The maximum atomic E-state index is 12.8. The molecule has 0 unspecified atom stereocenters. The van der Waals surface area contributed by atoms with E-state index in [1.807, 2.05) is 27.0 Å². The number of likely N-dealkylation sites (tertiary alicyclic amines) is 1. The van der Waals surface area contributed by atoms with Crippen LogP contribution in [0.1, 0.15) is 70.2 Å². The fourth-order valence-corrected chi connectivity index (χ4v) is 6.45. The smallest absolute Gasteiger partial charge is 0.410 e. The van der Waals surface area contributed by atoms with Gasteiger partial charge in [-0.05, 0) is 99.2 Å². The molecule has 0 aliphatic carbocycles. The van der Waals surface area contributed by atoms with Crippen LogP contribution in [0.25, 0.3) is 44.2 Å². The van der Waals surface area contributed by atoms with Crippen LogP contribution in [0.4, 0.5) is 4.79 Å². The molecule has 3 aromatic carbocycles. The van der Waals surface area contributed by atoms with E-state index >= 15 is 0 Å². The number of hydrogen-bond acceptors (Lipinski definition) is 5. The van der Waals surface area contributed by atoms with Crippen LogP contribution in [0.5, 0.6) is 0 Å². The van der Waals surface area contributed by atoms with Gasteiger partial charge in [-0.25, -0.2) is 14.8 Å². The van der Waals surface area contributed by atoms with E-state index < -0.39 is 5.60 Å². The number of imidazole rings is 2. The lowest BCUT2D eigenvalue weighted by Gasteiger charge is -2.27. The van der Waals surface area contributed by atoms with Crippen molar-refractivity contribution in [2.24, 2.45) is 0 Å². The van der Waals surface area contributed by atoms with Gasteiger partial charge in [-0.1, -0.05) is 30.3 Å². The Morgan fingerprint density at radius 1 is 0.881 bits per heavy atom. The second-order valence-electron chi connectivity index (χ2n) is 12.8. The molecule has 0 bridgehead atoms. The van der Waals surface area contributed by atoms with E-state index in [0.29, 0.717) is 12.6 Å². The fourth-order valence-electron chi connectivity index (χ4n) is 6.45. The average Bonchev–Trinajstić information content (AvgIpc) is 3.76. The highest BCUT2D eigenvalue weighted by Crippen LogP contribution is 2.35. The van der Waals surface area contributed by atoms with E-state index in [1.165, 1.54) is 17.4 Å². The van der Waals surface area contributed by atoms with Crippen LogP contribution in [-0.2, 0) is 4.74 Å². The number of aromatic amines is 2. The zero-order valence-corrected chi connectivity index (χ0v) is 24.8. The zero-order chi connectivity index (χ0) is 29.0. The van der Waals surface area contributed by atoms with Crippen molar-refractivity contribution in [1.29, 1.82) is 0 Å². The summed E-state index contributed by atoms with van der Waals surface area (Å²) in [4.78, 5) is 33.7. The topological polar surface area (TPSA) is 90.1 Å². The summed E-state index contributed by atoms with van der Waals surface area (Å²) in [6.07, 6.45) is 5.84. The van der Waals surface area contributed by atoms with Crippen LogP contribution in [0.2, 0.25) is 0 Å². The normalized spacial score (nSPS) is 19.7. The molecular weight excluding hydrogens is 523 g/mol.